The maximum absolute atomic E-state index is 6.33. The van der Waals surface area contributed by atoms with Crippen LogP contribution in [0.15, 0.2) is 72.2 Å². The molecule has 1 aliphatic rings. The van der Waals surface area contributed by atoms with Crippen LogP contribution in [0.3, 0.4) is 0 Å². The van der Waals surface area contributed by atoms with Gasteiger partial charge in [0.1, 0.15) is 17.9 Å². The van der Waals surface area contributed by atoms with Gasteiger partial charge in [0.15, 0.2) is 5.82 Å². The van der Waals surface area contributed by atoms with Crippen LogP contribution in [0.25, 0.3) is 22.5 Å². The largest absolute Gasteiger partial charge is 0.382 e. The summed E-state index contributed by atoms with van der Waals surface area (Å²) in [6.45, 7) is 4.20. The van der Waals surface area contributed by atoms with Gasteiger partial charge >= 0.3 is 0 Å². The highest BCUT2D eigenvalue weighted by molar-refractivity contribution is 5.98. The van der Waals surface area contributed by atoms with Crippen LogP contribution in [0.1, 0.15) is 50.0 Å². The molecule has 0 unspecified atom stereocenters. The molecule has 160 valence electrons. The Balaban J connectivity index is 1.42. The Morgan fingerprint density at radius 3 is 2.66 bits per heavy atom. The zero-order valence-corrected chi connectivity index (χ0v) is 18.2. The van der Waals surface area contributed by atoms with Crippen LogP contribution in [-0.4, -0.2) is 30.6 Å². The average molecular weight is 424 g/mol. The molecule has 0 aliphatic heterocycles. The van der Waals surface area contributed by atoms with Gasteiger partial charge in [-0.05, 0) is 62.6 Å². The van der Waals surface area contributed by atoms with E-state index >= 15 is 0 Å². The van der Waals surface area contributed by atoms with Gasteiger partial charge in [-0.1, -0.05) is 18.2 Å². The van der Waals surface area contributed by atoms with E-state index in [9.17, 15) is 0 Å². The Bertz CT molecular complexity index is 1270. The van der Waals surface area contributed by atoms with Crippen molar-refractivity contribution in [2.45, 2.75) is 38.6 Å². The van der Waals surface area contributed by atoms with Gasteiger partial charge in [-0.25, -0.2) is 4.99 Å². The lowest BCUT2D eigenvalue weighted by Crippen LogP contribution is -2.14. The van der Waals surface area contributed by atoms with Gasteiger partial charge in [0.25, 0.3) is 0 Å². The molecule has 1 saturated carbocycles. The number of aliphatic imine (C=N–C) groups is 1. The second-order valence-corrected chi connectivity index (χ2v) is 8.38. The van der Waals surface area contributed by atoms with Gasteiger partial charge in [0.2, 0.25) is 0 Å². The Labute approximate surface area is 187 Å². The van der Waals surface area contributed by atoms with Crippen molar-refractivity contribution >= 4 is 11.5 Å². The number of hydrogen-bond donors (Lipinski definition) is 1. The fraction of sp³-hybridized carbons (Fsp3) is 0.240. The van der Waals surface area contributed by atoms with E-state index in [-0.39, 0.29) is 6.04 Å². The summed E-state index contributed by atoms with van der Waals surface area (Å²) in [4.78, 5) is 13.7. The summed E-state index contributed by atoms with van der Waals surface area (Å²) in [6, 6.07) is 16.2. The Hall–Kier alpha value is -3.87. The first-order valence-electron chi connectivity index (χ1n) is 10.9. The zero-order valence-electron chi connectivity index (χ0n) is 18.2. The second kappa shape index (κ2) is 8.34. The van der Waals surface area contributed by atoms with Gasteiger partial charge < -0.3 is 10.3 Å². The molecule has 3 heterocycles. The minimum Gasteiger partial charge on any atom is -0.382 e. The molecular weight excluding hydrogens is 398 g/mol. The normalized spacial score (nSPS) is 14.2. The first kappa shape index (κ1) is 20.1. The molecule has 4 aromatic rings. The number of hydrogen-bond acceptors (Lipinski definition) is 5. The van der Waals surface area contributed by atoms with E-state index in [1.807, 2.05) is 47.2 Å². The first-order valence-corrected chi connectivity index (χ1v) is 10.9. The van der Waals surface area contributed by atoms with E-state index in [1.54, 1.807) is 12.5 Å². The molecule has 1 aromatic carbocycles. The fourth-order valence-electron chi connectivity index (χ4n) is 3.68. The lowest BCUT2D eigenvalue weighted by Gasteiger charge is -2.10. The molecule has 0 bridgehead atoms. The van der Waals surface area contributed by atoms with Gasteiger partial charge in [0, 0.05) is 41.2 Å². The first-order chi connectivity index (χ1) is 15.6. The van der Waals surface area contributed by atoms with Gasteiger partial charge in [-0.2, -0.15) is 0 Å². The summed E-state index contributed by atoms with van der Waals surface area (Å²) in [5.41, 5.74) is 11.9. The molecule has 7 heteroatoms. The molecule has 0 saturated heterocycles. The van der Waals surface area contributed by atoms with Crippen LogP contribution in [-0.2, 0) is 0 Å². The van der Waals surface area contributed by atoms with Crippen LogP contribution >= 0.6 is 0 Å². The lowest BCUT2D eigenvalue weighted by atomic mass is 10.1. The summed E-state index contributed by atoms with van der Waals surface area (Å²) in [6.07, 6.45) is 7.91. The molecule has 7 nitrogen and oxygen atoms in total. The quantitative estimate of drug-likeness (QED) is 0.352. The molecule has 0 spiro atoms. The summed E-state index contributed by atoms with van der Waals surface area (Å²) in [5, 5.41) is 8.32. The number of nitrogens with zero attached hydrogens (tertiary/aromatic N) is 6. The number of rotatable bonds is 6. The summed E-state index contributed by atoms with van der Waals surface area (Å²) >= 11 is 0. The highest BCUT2D eigenvalue weighted by atomic mass is 15.3. The van der Waals surface area contributed by atoms with Gasteiger partial charge in [0.05, 0.1) is 5.69 Å². The van der Waals surface area contributed by atoms with Crippen LogP contribution in [0.5, 0.6) is 0 Å². The number of nitrogens with two attached hydrogens (primary N) is 1. The molecular formula is C25H25N7. The SMILES string of the molecule is CC(C)n1cnnc1-c1cccc(N=C(N)c2cc(-c3ccc(C4CC4)nc3)ccn2)c1. The fourth-order valence-corrected chi connectivity index (χ4v) is 3.68. The van der Waals surface area contributed by atoms with Crippen molar-refractivity contribution in [1.29, 1.82) is 0 Å². The van der Waals surface area contributed by atoms with Crippen molar-refractivity contribution in [3.8, 4) is 22.5 Å². The molecule has 32 heavy (non-hydrogen) atoms. The minimum atomic E-state index is 0.261. The standard InChI is InChI=1S/C25H25N7/c1-16(2)32-15-29-31-25(32)19-4-3-5-21(12-19)30-24(26)23-13-18(10-11-27-23)20-8-9-22(28-14-20)17-6-7-17/h3-5,8-17H,6-7H2,1-2H3,(H2,26,30). The molecule has 1 fully saturated rings. The van der Waals surface area contributed by atoms with Crippen LogP contribution in [0.4, 0.5) is 5.69 Å². The molecule has 5 rings (SSSR count). The van der Waals surface area contributed by atoms with E-state index in [0.29, 0.717) is 17.4 Å². The third-order valence-electron chi connectivity index (χ3n) is 5.62. The third kappa shape index (κ3) is 4.14. The topological polar surface area (TPSA) is 94.9 Å². The molecule has 0 radical (unpaired) electrons. The summed E-state index contributed by atoms with van der Waals surface area (Å²) < 4.78 is 2.03. The van der Waals surface area contributed by atoms with Crippen LogP contribution < -0.4 is 5.73 Å². The van der Waals surface area contributed by atoms with E-state index < -0.39 is 0 Å². The smallest absolute Gasteiger partial charge is 0.164 e. The maximum Gasteiger partial charge on any atom is 0.164 e. The van der Waals surface area contributed by atoms with Gasteiger partial charge in [-0.15, -0.1) is 10.2 Å². The number of pyridine rings is 2. The zero-order chi connectivity index (χ0) is 22.1. The molecule has 2 N–H and O–H groups in total. The van der Waals surface area contributed by atoms with Crippen molar-refractivity contribution in [2.75, 3.05) is 0 Å². The highest BCUT2D eigenvalue weighted by Gasteiger charge is 2.24. The lowest BCUT2D eigenvalue weighted by molar-refractivity contribution is 0.604. The summed E-state index contributed by atoms with van der Waals surface area (Å²) in [7, 11) is 0. The Kier molecular flexibility index (Phi) is 5.23. The summed E-state index contributed by atoms with van der Waals surface area (Å²) in [5.74, 6) is 1.81. The number of benzene rings is 1. The number of aromatic nitrogens is 5. The molecule has 1 aliphatic carbocycles. The van der Waals surface area contributed by atoms with E-state index in [2.05, 4.69) is 51.1 Å². The minimum absolute atomic E-state index is 0.261. The maximum atomic E-state index is 6.33. The van der Waals surface area contributed by atoms with Crippen molar-refractivity contribution in [2.24, 2.45) is 10.7 Å². The van der Waals surface area contributed by atoms with Crippen molar-refractivity contribution in [3.63, 3.8) is 0 Å². The number of amidine groups is 1. The predicted octanol–water partition coefficient (Wildman–Crippen LogP) is 4.90. The van der Waals surface area contributed by atoms with Crippen molar-refractivity contribution in [3.05, 3.63) is 78.6 Å². The van der Waals surface area contributed by atoms with E-state index in [1.165, 1.54) is 18.5 Å². The predicted molar refractivity (Wildman–Crippen MR) is 126 cm³/mol. The van der Waals surface area contributed by atoms with E-state index in [4.69, 9.17) is 5.73 Å². The Morgan fingerprint density at radius 2 is 1.91 bits per heavy atom. The Morgan fingerprint density at radius 1 is 1.03 bits per heavy atom. The molecule has 0 atom stereocenters. The molecule has 3 aromatic heterocycles. The van der Waals surface area contributed by atoms with Crippen LogP contribution in [0.2, 0.25) is 0 Å². The van der Waals surface area contributed by atoms with E-state index in [0.717, 1.165) is 28.2 Å². The van der Waals surface area contributed by atoms with Gasteiger partial charge in [-0.3, -0.25) is 9.97 Å². The highest BCUT2D eigenvalue weighted by Crippen LogP contribution is 2.39. The monoisotopic (exact) mass is 423 g/mol. The molecule has 0 amide bonds. The van der Waals surface area contributed by atoms with Crippen LogP contribution in [0, 0.1) is 0 Å². The van der Waals surface area contributed by atoms with Crippen molar-refractivity contribution in [1.82, 2.24) is 24.7 Å². The second-order valence-electron chi connectivity index (χ2n) is 8.38. The average Bonchev–Trinajstić information content (AvgIpc) is 3.55. The third-order valence-corrected chi connectivity index (χ3v) is 5.62. The van der Waals surface area contributed by atoms with Crippen molar-refractivity contribution < 1.29 is 0 Å².